The van der Waals surface area contributed by atoms with E-state index < -0.39 is 0 Å². The summed E-state index contributed by atoms with van der Waals surface area (Å²) in [4.78, 5) is 13.2. The average Bonchev–Trinajstić information content (AvgIpc) is 2.20. The van der Waals surface area contributed by atoms with Crippen LogP contribution in [-0.4, -0.2) is 12.5 Å². The average molecular weight is 206 g/mol. The highest BCUT2D eigenvalue weighted by molar-refractivity contribution is 5.94. The van der Waals surface area contributed by atoms with Crippen molar-refractivity contribution < 1.29 is 4.79 Å². The van der Waals surface area contributed by atoms with Crippen molar-refractivity contribution in [2.75, 3.05) is 17.2 Å². The van der Waals surface area contributed by atoms with Crippen LogP contribution in [0, 0.1) is 0 Å². The molecule has 3 nitrogen and oxygen atoms in total. The summed E-state index contributed by atoms with van der Waals surface area (Å²) in [6.45, 7) is 4.41. The van der Waals surface area contributed by atoms with Crippen molar-refractivity contribution in [3.05, 3.63) is 24.3 Å². The molecule has 1 aromatic rings. The molecule has 0 atom stereocenters. The normalized spacial score (nSPS) is 10.0. The molecule has 0 saturated heterocycles. The largest absolute Gasteiger partial charge is 0.397 e. The van der Waals surface area contributed by atoms with Crippen LogP contribution in [0.5, 0.6) is 0 Å². The Morgan fingerprint density at radius 3 is 2.60 bits per heavy atom. The number of amides is 1. The molecule has 1 rings (SSSR count). The van der Waals surface area contributed by atoms with E-state index in [2.05, 4.69) is 6.92 Å². The number of unbranched alkanes of at least 4 members (excludes halogenated alkanes) is 1. The molecule has 0 aliphatic carbocycles. The van der Waals surface area contributed by atoms with Crippen LogP contribution in [0.1, 0.15) is 26.7 Å². The minimum Gasteiger partial charge on any atom is -0.397 e. The zero-order chi connectivity index (χ0) is 11.3. The fraction of sp³-hybridized carbons (Fsp3) is 0.417. The van der Waals surface area contributed by atoms with Gasteiger partial charge in [0.05, 0.1) is 11.4 Å². The Morgan fingerprint density at radius 2 is 2.07 bits per heavy atom. The Labute approximate surface area is 90.9 Å². The van der Waals surface area contributed by atoms with Crippen molar-refractivity contribution >= 4 is 17.3 Å². The fourth-order valence-corrected chi connectivity index (χ4v) is 1.50. The van der Waals surface area contributed by atoms with Crippen LogP contribution in [-0.2, 0) is 4.79 Å². The van der Waals surface area contributed by atoms with Gasteiger partial charge in [0.15, 0.2) is 0 Å². The minimum atomic E-state index is 0.0429. The Kier molecular flexibility index (Phi) is 4.16. The highest BCUT2D eigenvalue weighted by Crippen LogP contribution is 2.22. The Balaban J connectivity index is 2.89. The smallest absolute Gasteiger partial charge is 0.223 e. The molecule has 0 unspecified atom stereocenters. The van der Waals surface area contributed by atoms with E-state index in [0.717, 1.165) is 25.1 Å². The second kappa shape index (κ2) is 5.39. The molecule has 2 N–H and O–H groups in total. The standard InChI is InChI=1S/C12H18N2O/c1-3-4-9-14(10(2)15)12-8-6-5-7-11(12)13/h5-8H,3-4,9,13H2,1-2H3. The number of nitrogens with two attached hydrogens (primary N) is 1. The van der Waals surface area contributed by atoms with Crippen LogP contribution in [0.4, 0.5) is 11.4 Å². The quantitative estimate of drug-likeness (QED) is 0.769. The van der Waals surface area contributed by atoms with Gasteiger partial charge in [-0.05, 0) is 18.6 Å². The molecule has 0 aliphatic rings. The van der Waals surface area contributed by atoms with Crippen LogP contribution in [0.25, 0.3) is 0 Å². The van der Waals surface area contributed by atoms with E-state index >= 15 is 0 Å². The van der Waals surface area contributed by atoms with E-state index in [-0.39, 0.29) is 5.91 Å². The molecular weight excluding hydrogens is 188 g/mol. The summed E-state index contributed by atoms with van der Waals surface area (Å²) in [6.07, 6.45) is 2.06. The number of carbonyl (C=O) groups is 1. The van der Waals surface area contributed by atoms with Gasteiger partial charge in [0.25, 0.3) is 0 Å². The molecule has 15 heavy (non-hydrogen) atoms. The lowest BCUT2D eigenvalue weighted by Gasteiger charge is -2.22. The predicted octanol–water partition coefficient (Wildman–Crippen LogP) is 2.42. The first-order valence-corrected chi connectivity index (χ1v) is 5.29. The highest BCUT2D eigenvalue weighted by atomic mass is 16.2. The lowest BCUT2D eigenvalue weighted by molar-refractivity contribution is -0.116. The van der Waals surface area contributed by atoms with Crippen molar-refractivity contribution in [2.24, 2.45) is 0 Å². The molecule has 0 bridgehead atoms. The third-order valence-electron chi connectivity index (χ3n) is 2.34. The van der Waals surface area contributed by atoms with E-state index in [4.69, 9.17) is 5.73 Å². The first kappa shape index (κ1) is 11.6. The maximum absolute atomic E-state index is 11.5. The lowest BCUT2D eigenvalue weighted by atomic mass is 10.2. The molecule has 0 fully saturated rings. The van der Waals surface area contributed by atoms with Crippen LogP contribution >= 0.6 is 0 Å². The zero-order valence-electron chi connectivity index (χ0n) is 9.36. The molecule has 1 aromatic carbocycles. The minimum absolute atomic E-state index is 0.0429. The topological polar surface area (TPSA) is 46.3 Å². The first-order valence-electron chi connectivity index (χ1n) is 5.29. The molecular formula is C12H18N2O. The number of carbonyl (C=O) groups excluding carboxylic acids is 1. The molecule has 3 heteroatoms. The van der Waals surface area contributed by atoms with Gasteiger partial charge < -0.3 is 10.6 Å². The van der Waals surface area contributed by atoms with Gasteiger partial charge in [-0.3, -0.25) is 4.79 Å². The van der Waals surface area contributed by atoms with Gasteiger partial charge in [-0.1, -0.05) is 25.5 Å². The monoisotopic (exact) mass is 206 g/mol. The molecule has 82 valence electrons. The molecule has 0 aliphatic heterocycles. The maximum Gasteiger partial charge on any atom is 0.223 e. The number of nitrogens with zero attached hydrogens (tertiary/aromatic N) is 1. The maximum atomic E-state index is 11.5. The molecule has 0 aromatic heterocycles. The van der Waals surface area contributed by atoms with Gasteiger partial charge >= 0.3 is 0 Å². The Morgan fingerprint density at radius 1 is 1.40 bits per heavy atom. The van der Waals surface area contributed by atoms with Crippen molar-refractivity contribution in [2.45, 2.75) is 26.7 Å². The number of nitrogen functional groups attached to an aromatic ring is 1. The van der Waals surface area contributed by atoms with E-state index in [0.29, 0.717) is 5.69 Å². The summed E-state index contributed by atoms with van der Waals surface area (Å²) in [5, 5.41) is 0. The van der Waals surface area contributed by atoms with Gasteiger partial charge in [0.2, 0.25) is 5.91 Å². The van der Waals surface area contributed by atoms with Gasteiger partial charge in [-0.2, -0.15) is 0 Å². The lowest BCUT2D eigenvalue weighted by Crippen LogP contribution is -2.30. The molecule has 0 spiro atoms. The molecule has 0 heterocycles. The van der Waals surface area contributed by atoms with Gasteiger partial charge in [-0.15, -0.1) is 0 Å². The second-order valence-electron chi connectivity index (χ2n) is 3.58. The number of para-hydroxylation sites is 2. The molecule has 1 amide bonds. The summed E-state index contributed by atoms with van der Waals surface area (Å²) < 4.78 is 0. The van der Waals surface area contributed by atoms with Crippen molar-refractivity contribution in [1.82, 2.24) is 0 Å². The predicted molar refractivity (Wildman–Crippen MR) is 63.8 cm³/mol. The van der Waals surface area contributed by atoms with E-state index in [9.17, 15) is 4.79 Å². The second-order valence-corrected chi connectivity index (χ2v) is 3.58. The third-order valence-corrected chi connectivity index (χ3v) is 2.34. The third kappa shape index (κ3) is 2.98. The van der Waals surface area contributed by atoms with Crippen LogP contribution in [0.15, 0.2) is 24.3 Å². The number of benzene rings is 1. The zero-order valence-corrected chi connectivity index (χ0v) is 9.36. The molecule has 0 radical (unpaired) electrons. The van der Waals surface area contributed by atoms with Crippen molar-refractivity contribution in [3.8, 4) is 0 Å². The fourth-order valence-electron chi connectivity index (χ4n) is 1.50. The van der Waals surface area contributed by atoms with Crippen LogP contribution in [0.2, 0.25) is 0 Å². The van der Waals surface area contributed by atoms with Gasteiger partial charge in [0, 0.05) is 13.5 Å². The highest BCUT2D eigenvalue weighted by Gasteiger charge is 2.12. The number of anilines is 2. The summed E-state index contributed by atoms with van der Waals surface area (Å²) in [5.41, 5.74) is 7.31. The van der Waals surface area contributed by atoms with E-state index in [1.807, 2.05) is 24.3 Å². The van der Waals surface area contributed by atoms with Gasteiger partial charge in [0.1, 0.15) is 0 Å². The number of hydrogen-bond donors (Lipinski definition) is 1. The van der Waals surface area contributed by atoms with Crippen LogP contribution < -0.4 is 10.6 Å². The summed E-state index contributed by atoms with van der Waals surface area (Å²) >= 11 is 0. The summed E-state index contributed by atoms with van der Waals surface area (Å²) in [6, 6.07) is 7.47. The van der Waals surface area contributed by atoms with Crippen LogP contribution in [0.3, 0.4) is 0 Å². The van der Waals surface area contributed by atoms with Crippen molar-refractivity contribution in [1.29, 1.82) is 0 Å². The number of hydrogen-bond acceptors (Lipinski definition) is 2. The summed E-state index contributed by atoms with van der Waals surface area (Å²) in [7, 11) is 0. The van der Waals surface area contributed by atoms with E-state index in [1.54, 1.807) is 11.8 Å². The van der Waals surface area contributed by atoms with Crippen molar-refractivity contribution in [3.63, 3.8) is 0 Å². The van der Waals surface area contributed by atoms with Gasteiger partial charge in [-0.25, -0.2) is 0 Å². The van der Waals surface area contributed by atoms with E-state index in [1.165, 1.54) is 0 Å². The SMILES string of the molecule is CCCCN(C(C)=O)c1ccccc1N. The first-order chi connectivity index (χ1) is 7.16. The Hall–Kier alpha value is -1.51. The number of rotatable bonds is 4. The Bertz CT molecular complexity index is 336. The molecule has 0 saturated carbocycles. The summed E-state index contributed by atoms with van der Waals surface area (Å²) in [5.74, 6) is 0.0429.